The Morgan fingerprint density at radius 3 is 2.78 bits per heavy atom. The van der Waals surface area contributed by atoms with E-state index in [4.69, 9.17) is 11.6 Å². The second-order valence-electron chi connectivity index (χ2n) is 5.25. The van der Waals surface area contributed by atoms with E-state index in [9.17, 15) is 4.79 Å². The number of aromatic nitrogens is 3. The van der Waals surface area contributed by atoms with Crippen molar-refractivity contribution in [3.05, 3.63) is 47.8 Å². The Morgan fingerprint density at radius 1 is 1.26 bits per heavy atom. The molecule has 1 aromatic carbocycles. The van der Waals surface area contributed by atoms with E-state index in [0.717, 1.165) is 39.8 Å². The van der Waals surface area contributed by atoms with Gasteiger partial charge in [0.25, 0.3) is 0 Å². The molecule has 8 heteroatoms. The number of fused-ring (bicyclic) bond motifs is 3. The van der Waals surface area contributed by atoms with Crippen molar-refractivity contribution >= 4 is 22.5 Å². The molecule has 0 spiro atoms. The maximum atomic E-state index is 11.3. The van der Waals surface area contributed by atoms with Gasteiger partial charge in [-0.05, 0) is 30.5 Å². The molecule has 0 saturated carbocycles. The number of primary amides is 1. The third-order valence-corrected chi connectivity index (χ3v) is 4.93. The highest BCUT2D eigenvalue weighted by Gasteiger charge is 2.27. The Bertz CT molecular complexity index is 885. The summed E-state index contributed by atoms with van der Waals surface area (Å²) >= 11 is 1.36. The van der Waals surface area contributed by atoms with Crippen molar-refractivity contribution in [3.8, 4) is 16.3 Å². The second-order valence-corrected chi connectivity index (χ2v) is 6.22. The van der Waals surface area contributed by atoms with Gasteiger partial charge in [-0.25, -0.2) is 25.3 Å². The van der Waals surface area contributed by atoms with Crippen LogP contribution in [0.4, 0.5) is 9.93 Å². The zero-order valence-corrected chi connectivity index (χ0v) is 13.0. The van der Waals surface area contributed by atoms with E-state index in [1.54, 1.807) is 0 Å². The number of benzene rings is 1. The number of hydrogen-bond donors (Lipinski definition) is 2. The molecule has 4 rings (SSSR count). The van der Waals surface area contributed by atoms with Gasteiger partial charge in [-0.15, -0.1) is 0 Å². The molecule has 2 heterocycles. The van der Waals surface area contributed by atoms with Crippen molar-refractivity contribution < 1.29 is 4.79 Å². The molecule has 3 aromatic rings. The van der Waals surface area contributed by atoms with Crippen LogP contribution in [0.2, 0.25) is 0 Å². The van der Waals surface area contributed by atoms with Crippen LogP contribution in [0.25, 0.3) is 16.3 Å². The molecule has 2 aromatic heterocycles. The van der Waals surface area contributed by atoms with Gasteiger partial charge in [0.15, 0.2) is 0 Å². The van der Waals surface area contributed by atoms with E-state index < -0.39 is 6.03 Å². The molecule has 2 amide bonds. The number of hydrogen-bond acceptors (Lipinski definition) is 5. The Hall–Kier alpha value is -2.71. The van der Waals surface area contributed by atoms with Gasteiger partial charge in [-0.1, -0.05) is 29.5 Å². The van der Waals surface area contributed by atoms with Gasteiger partial charge in [0, 0.05) is 0 Å². The molecule has 116 valence electrons. The zero-order chi connectivity index (χ0) is 16.0. The lowest BCUT2D eigenvalue weighted by molar-refractivity contribution is 0.254. The molecular weight excluding hydrogens is 312 g/mol. The summed E-state index contributed by atoms with van der Waals surface area (Å²) in [6, 6.07) is 9.19. The van der Waals surface area contributed by atoms with E-state index in [0.29, 0.717) is 5.13 Å². The first-order chi connectivity index (χ1) is 11.1. The first-order valence-electron chi connectivity index (χ1n) is 7.12. The number of nitrogens with zero attached hydrogens (tertiary/aromatic N) is 4. The molecule has 4 N–H and O–H groups in total. The standard InChI is InChI=1S/C15H14N6OS/c16-14(22)20(17)15-19-11-7-6-9-8-18-21(12(9)13(11)23-15)10-4-2-1-3-5-10/h1-5,8H,6-7,17H2,(H2,16,22). The van der Waals surface area contributed by atoms with Gasteiger partial charge in [0.2, 0.25) is 5.13 Å². The van der Waals surface area contributed by atoms with Crippen molar-refractivity contribution in [2.24, 2.45) is 11.6 Å². The number of thiazole rings is 1. The number of aryl methyl sites for hydroxylation is 2. The number of urea groups is 1. The van der Waals surface area contributed by atoms with Gasteiger partial charge in [-0.3, -0.25) is 0 Å². The van der Waals surface area contributed by atoms with Crippen molar-refractivity contribution in [2.45, 2.75) is 12.8 Å². The van der Waals surface area contributed by atoms with E-state index >= 15 is 0 Å². The summed E-state index contributed by atoms with van der Waals surface area (Å²) in [6.07, 6.45) is 3.55. The highest BCUT2D eigenvalue weighted by atomic mass is 32.1. The summed E-state index contributed by atoms with van der Waals surface area (Å²) in [5.74, 6) is 5.68. The zero-order valence-electron chi connectivity index (χ0n) is 12.1. The summed E-state index contributed by atoms with van der Waals surface area (Å²) in [4.78, 5) is 16.7. The van der Waals surface area contributed by atoms with Crippen LogP contribution < -0.4 is 16.6 Å². The van der Waals surface area contributed by atoms with Crippen LogP contribution >= 0.6 is 11.3 Å². The predicted octanol–water partition coefficient (Wildman–Crippen LogP) is 1.85. The second kappa shape index (κ2) is 5.18. The molecular formula is C15H14N6OS. The monoisotopic (exact) mass is 326 g/mol. The third kappa shape index (κ3) is 2.19. The Labute approximate surface area is 136 Å². The molecule has 1 aliphatic carbocycles. The molecule has 7 nitrogen and oxygen atoms in total. The minimum absolute atomic E-state index is 0.399. The lowest BCUT2D eigenvalue weighted by atomic mass is 10.0. The van der Waals surface area contributed by atoms with Crippen molar-refractivity contribution in [3.63, 3.8) is 0 Å². The van der Waals surface area contributed by atoms with E-state index in [-0.39, 0.29) is 0 Å². The number of nitrogens with two attached hydrogens (primary N) is 2. The first kappa shape index (κ1) is 13.9. The normalized spacial score (nSPS) is 12.6. The summed E-state index contributed by atoms with van der Waals surface area (Å²) in [7, 11) is 0. The van der Waals surface area contributed by atoms with E-state index in [2.05, 4.69) is 10.1 Å². The number of carbonyl (C=O) groups is 1. The molecule has 0 radical (unpaired) electrons. The number of rotatable bonds is 2. The summed E-state index contributed by atoms with van der Waals surface area (Å²) < 4.78 is 1.90. The van der Waals surface area contributed by atoms with Crippen LogP contribution in [0.5, 0.6) is 0 Å². The van der Waals surface area contributed by atoms with Crippen LogP contribution in [0.3, 0.4) is 0 Å². The summed E-state index contributed by atoms with van der Waals surface area (Å²) in [6.45, 7) is 0. The van der Waals surface area contributed by atoms with Crippen LogP contribution in [0.15, 0.2) is 36.5 Å². The van der Waals surface area contributed by atoms with Crippen LogP contribution in [0, 0.1) is 0 Å². The number of anilines is 1. The predicted molar refractivity (Wildman–Crippen MR) is 88.3 cm³/mol. The largest absolute Gasteiger partial charge is 0.350 e. The van der Waals surface area contributed by atoms with Crippen LogP contribution in [-0.2, 0) is 12.8 Å². The Morgan fingerprint density at radius 2 is 2.04 bits per heavy atom. The minimum atomic E-state index is -0.729. The fourth-order valence-corrected chi connectivity index (χ4v) is 3.82. The Kier molecular flexibility index (Phi) is 3.14. The van der Waals surface area contributed by atoms with Crippen LogP contribution in [-0.4, -0.2) is 20.8 Å². The first-order valence-corrected chi connectivity index (χ1v) is 7.93. The summed E-state index contributed by atoms with van der Waals surface area (Å²) in [5.41, 5.74) is 9.32. The fourth-order valence-electron chi connectivity index (χ4n) is 2.72. The molecule has 0 unspecified atom stereocenters. The number of para-hydroxylation sites is 1. The molecule has 23 heavy (non-hydrogen) atoms. The third-order valence-electron chi connectivity index (χ3n) is 3.82. The lowest BCUT2D eigenvalue weighted by Gasteiger charge is -2.13. The minimum Gasteiger partial charge on any atom is -0.350 e. The molecule has 0 bridgehead atoms. The molecule has 0 fully saturated rings. The number of amides is 2. The number of hydrazine groups is 1. The molecule has 0 saturated heterocycles. The quantitative estimate of drug-likeness (QED) is 0.426. The summed E-state index contributed by atoms with van der Waals surface area (Å²) in [5, 5.41) is 5.80. The topological polar surface area (TPSA) is 103 Å². The SMILES string of the molecule is NC(=O)N(N)c1nc2c(s1)-c1c(cnn1-c1ccccc1)CC2. The van der Waals surface area contributed by atoms with Crippen molar-refractivity contribution in [2.75, 3.05) is 5.01 Å². The van der Waals surface area contributed by atoms with Gasteiger partial charge >= 0.3 is 6.03 Å². The van der Waals surface area contributed by atoms with Gasteiger partial charge < -0.3 is 5.73 Å². The smallest absolute Gasteiger partial charge is 0.335 e. The highest BCUT2D eigenvalue weighted by molar-refractivity contribution is 7.19. The molecule has 0 atom stereocenters. The van der Waals surface area contributed by atoms with Gasteiger partial charge in [0.1, 0.15) is 0 Å². The Balaban J connectivity index is 1.86. The maximum Gasteiger partial charge on any atom is 0.335 e. The maximum absolute atomic E-state index is 11.3. The van der Waals surface area contributed by atoms with Gasteiger partial charge in [-0.2, -0.15) is 5.10 Å². The van der Waals surface area contributed by atoms with E-state index in [1.165, 1.54) is 16.9 Å². The lowest BCUT2D eigenvalue weighted by Crippen LogP contribution is -2.41. The average Bonchev–Trinajstić information content (AvgIpc) is 3.18. The molecule has 0 aliphatic heterocycles. The number of carbonyl (C=O) groups excluding carboxylic acids is 1. The molecule has 1 aliphatic rings. The van der Waals surface area contributed by atoms with Crippen LogP contribution in [0.1, 0.15) is 11.3 Å². The van der Waals surface area contributed by atoms with E-state index in [1.807, 2.05) is 41.2 Å². The highest BCUT2D eigenvalue weighted by Crippen LogP contribution is 2.41. The average molecular weight is 326 g/mol. The van der Waals surface area contributed by atoms with Crippen molar-refractivity contribution in [1.82, 2.24) is 14.8 Å². The van der Waals surface area contributed by atoms with Gasteiger partial charge in [0.05, 0.1) is 28.1 Å². The fraction of sp³-hybridized carbons (Fsp3) is 0.133. The van der Waals surface area contributed by atoms with Crippen molar-refractivity contribution in [1.29, 1.82) is 0 Å².